The van der Waals surface area contributed by atoms with Crippen LogP contribution in [0.15, 0.2) is 12.5 Å². The highest BCUT2D eigenvalue weighted by Gasteiger charge is 2.05. The van der Waals surface area contributed by atoms with E-state index in [2.05, 4.69) is 19.9 Å². The molecule has 0 aliphatic carbocycles. The zero-order valence-corrected chi connectivity index (χ0v) is 6.63. The van der Waals surface area contributed by atoms with E-state index in [1.165, 1.54) is 0 Å². The SMILES string of the molecule is Cc1[nH]cnc1-c1cnc(N)[nH]1. The first-order valence-electron chi connectivity index (χ1n) is 3.58. The molecule has 2 rings (SSSR count). The highest BCUT2D eigenvalue weighted by Crippen LogP contribution is 2.17. The largest absolute Gasteiger partial charge is 0.369 e. The van der Waals surface area contributed by atoms with Gasteiger partial charge in [0.2, 0.25) is 0 Å². The van der Waals surface area contributed by atoms with E-state index in [0.29, 0.717) is 5.95 Å². The molecule has 0 amide bonds. The molecule has 2 heterocycles. The minimum absolute atomic E-state index is 0.410. The number of H-pyrrole nitrogens is 2. The summed E-state index contributed by atoms with van der Waals surface area (Å²) in [7, 11) is 0. The maximum atomic E-state index is 5.43. The van der Waals surface area contributed by atoms with Gasteiger partial charge in [0, 0.05) is 5.69 Å². The Balaban J connectivity index is 2.50. The van der Waals surface area contributed by atoms with Gasteiger partial charge in [-0.15, -0.1) is 0 Å². The summed E-state index contributed by atoms with van der Waals surface area (Å²) in [6.07, 6.45) is 3.31. The van der Waals surface area contributed by atoms with Gasteiger partial charge in [0.15, 0.2) is 5.95 Å². The van der Waals surface area contributed by atoms with Crippen LogP contribution in [0.1, 0.15) is 5.69 Å². The molecule has 12 heavy (non-hydrogen) atoms. The van der Waals surface area contributed by atoms with Crippen molar-refractivity contribution in [2.45, 2.75) is 6.92 Å². The molecule has 5 nitrogen and oxygen atoms in total. The Labute approximate surface area is 69.1 Å². The van der Waals surface area contributed by atoms with Crippen molar-refractivity contribution in [1.82, 2.24) is 19.9 Å². The summed E-state index contributed by atoms with van der Waals surface area (Å²) in [4.78, 5) is 13.9. The first-order chi connectivity index (χ1) is 5.77. The highest BCUT2D eigenvalue weighted by atomic mass is 15.0. The Kier molecular flexibility index (Phi) is 1.36. The van der Waals surface area contributed by atoms with Crippen LogP contribution in [0.4, 0.5) is 5.95 Å². The zero-order chi connectivity index (χ0) is 8.55. The van der Waals surface area contributed by atoms with Crippen LogP contribution in [0.3, 0.4) is 0 Å². The van der Waals surface area contributed by atoms with Gasteiger partial charge in [-0.1, -0.05) is 0 Å². The molecule has 62 valence electrons. The van der Waals surface area contributed by atoms with Gasteiger partial charge in [0.25, 0.3) is 0 Å². The van der Waals surface area contributed by atoms with E-state index in [4.69, 9.17) is 5.73 Å². The summed E-state index contributed by atoms with van der Waals surface area (Å²) in [6, 6.07) is 0. The van der Waals surface area contributed by atoms with Gasteiger partial charge in [0.05, 0.1) is 18.2 Å². The number of hydrogen-bond donors (Lipinski definition) is 3. The average Bonchev–Trinajstić information content (AvgIpc) is 2.58. The molecule has 5 heteroatoms. The molecule has 2 aromatic heterocycles. The van der Waals surface area contributed by atoms with E-state index in [1.807, 2.05) is 6.92 Å². The molecular weight excluding hydrogens is 154 g/mol. The number of nitrogen functional groups attached to an aromatic ring is 1. The molecular formula is C7H9N5. The number of nitrogens with zero attached hydrogens (tertiary/aromatic N) is 2. The van der Waals surface area contributed by atoms with Crippen LogP contribution in [0.5, 0.6) is 0 Å². The number of nitrogens with two attached hydrogens (primary N) is 1. The Morgan fingerprint density at radius 1 is 1.42 bits per heavy atom. The number of hydrogen-bond acceptors (Lipinski definition) is 3. The molecule has 0 spiro atoms. The van der Waals surface area contributed by atoms with E-state index in [1.54, 1.807) is 12.5 Å². The third-order valence-electron chi connectivity index (χ3n) is 1.68. The normalized spacial score (nSPS) is 10.4. The lowest BCUT2D eigenvalue weighted by molar-refractivity contribution is 1.25. The van der Waals surface area contributed by atoms with Crippen LogP contribution in [-0.2, 0) is 0 Å². The number of imidazole rings is 2. The van der Waals surface area contributed by atoms with Gasteiger partial charge in [-0.25, -0.2) is 9.97 Å². The van der Waals surface area contributed by atoms with Gasteiger partial charge >= 0.3 is 0 Å². The van der Waals surface area contributed by atoms with Crippen molar-refractivity contribution in [3.63, 3.8) is 0 Å². The molecule has 0 aromatic carbocycles. The Hall–Kier alpha value is -1.78. The standard InChI is InChI=1S/C7H9N5/c1-4-6(11-3-10-4)5-2-9-7(8)12-5/h2-3H,1H3,(H,10,11)(H3,8,9,12). The van der Waals surface area contributed by atoms with E-state index in [-0.39, 0.29) is 0 Å². The molecule has 0 fully saturated rings. The summed E-state index contributed by atoms with van der Waals surface area (Å²) >= 11 is 0. The van der Waals surface area contributed by atoms with Gasteiger partial charge in [0.1, 0.15) is 5.69 Å². The van der Waals surface area contributed by atoms with Gasteiger partial charge in [-0.3, -0.25) is 0 Å². The van der Waals surface area contributed by atoms with Crippen LogP contribution in [-0.4, -0.2) is 19.9 Å². The van der Waals surface area contributed by atoms with Crippen LogP contribution in [0.25, 0.3) is 11.4 Å². The fourth-order valence-corrected chi connectivity index (χ4v) is 1.09. The fraction of sp³-hybridized carbons (Fsp3) is 0.143. The third-order valence-corrected chi connectivity index (χ3v) is 1.68. The molecule has 0 radical (unpaired) electrons. The fourth-order valence-electron chi connectivity index (χ4n) is 1.09. The maximum absolute atomic E-state index is 5.43. The third kappa shape index (κ3) is 0.952. The lowest BCUT2D eigenvalue weighted by atomic mass is 10.3. The van der Waals surface area contributed by atoms with Crippen LogP contribution in [0.2, 0.25) is 0 Å². The van der Waals surface area contributed by atoms with E-state index in [9.17, 15) is 0 Å². The highest BCUT2D eigenvalue weighted by molar-refractivity contribution is 5.57. The molecule has 0 saturated carbocycles. The maximum Gasteiger partial charge on any atom is 0.197 e. The van der Waals surface area contributed by atoms with E-state index in [0.717, 1.165) is 17.1 Å². The minimum Gasteiger partial charge on any atom is -0.369 e. The van der Waals surface area contributed by atoms with Crippen molar-refractivity contribution in [2.75, 3.05) is 5.73 Å². The van der Waals surface area contributed by atoms with Crippen molar-refractivity contribution in [3.05, 3.63) is 18.2 Å². The number of aromatic amines is 2. The van der Waals surface area contributed by atoms with Gasteiger partial charge in [-0.2, -0.15) is 0 Å². The van der Waals surface area contributed by atoms with Crippen LogP contribution < -0.4 is 5.73 Å². The first kappa shape index (κ1) is 6.90. The summed E-state index contributed by atoms with van der Waals surface area (Å²) < 4.78 is 0. The van der Waals surface area contributed by atoms with Crippen molar-refractivity contribution in [1.29, 1.82) is 0 Å². The number of rotatable bonds is 1. The minimum atomic E-state index is 0.410. The number of aryl methyl sites for hydroxylation is 1. The number of aromatic nitrogens is 4. The van der Waals surface area contributed by atoms with Crippen molar-refractivity contribution < 1.29 is 0 Å². The van der Waals surface area contributed by atoms with Crippen molar-refractivity contribution >= 4 is 5.95 Å². The molecule has 0 saturated heterocycles. The predicted molar refractivity (Wildman–Crippen MR) is 45.3 cm³/mol. The molecule has 0 atom stereocenters. The monoisotopic (exact) mass is 163 g/mol. The van der Waals surface area contributed by atoms with Crippen molar-refractivity contribution in [3.8, 4) is 11.4 Å². The zero-order valence-electron chi connectivity index (χ0n) is 6.63. The second-order valence-corrected chi connectivity index (χ2v) is 2.56. The predicted octanol–water partition coefficient (Wildman–Crippen LogP) is 0.690. The Morgan fingerprint density at radius 3 is 2.75 bits per heavy atom. The average molecular weight is 163 g/mol. The summed E-state index contributed by atoms with van der Waals surface area (Å²) in [5.41, 5.74) is 8.13. The smallest absolute Gasteiger partial charge is 0.197 e. The van der Waals surface area contributed by atoms with Gasteiger partial charge < -0.3 is 15.7 Å². The molecule has 0 aliphatic heterocycles. The van der Waals surface area contributed by atoms with Gasteiger partial charge in [-0.05, 0) is 6.92 Å². The molecule has 4 N–H and O–H groups in total. The summed E-state index contributed by atoms with van der Waals surface area (Å²) in [6.45, 7) is 1.94. The molecule has 0 bridgehead atoms. The summed E-state index contributed by atoms with van der Waals surface area (Å²) in [5, 5.41) is 0. The number of nitrogens with one attached hydrogen (secondary N) is 2. The lowest BCUT2D eigenvalue weighted by Crippen LogP contribution is -1.86. The Bertz CT molecular complexity index is 386. The summed E-state index contributed by atoms with van der Waals surface area (Å²) in [5.74, 6) is 0.410. The van der Waals surface area contributed by atoms with Crippen molar-refractivity contribution in [2.24, 2.45) is 0 Å². The topological polar surface area (TPSA) is 83.4 Å². The lowest BCUT2D eigenvalue weighted by Gasteiger charge is -1.91. The quantitative estimate of drug-likeness (QED) is 0.578. The van der Waals surface area contributed by atoms with Crippen LogP contribution in [0, 0.1) is 6.92 Å². The molecule has 0 aliphatic rings. The second kappa shape index (κ2) is 2.37. The first-order valence-corrected chi connectivity index (χ1v) is 3.58. The molecule has 0 unspecified atom stereocenters. The van der Waals surface area contributed by atoms with E-state index >= 15 is 0 Å². The molecule has 2 aromatic rings. The number of anilines is 1. The van der Waals surface area contributed by atoms with E-state index < -0.39 is 0 Å². The Morgan fingerprint density at radius 2 is 2.25 bits per heavy atom. The van der Waals surface area contributed by atoms with Crippen LogP contribution >= 0.6 is 0 Å². The second-order valence-electron chi connectivity index (χ2n) is 2.56.